The number of nitrogens with one attached hydrogen (secondary N) is 2. The molecule has 4 nitrogen and oxygen atoms in total. The maximum Gasteiger partial charge on any atom is 0.191 e. The quantitative estimate of drug-likeness (QED) is 0.582. The van der Waals surface area contributed by atoms with E-state index in [9.17, 15) is 13.9 Å². The topological polar surface area (TPSA) is 56.7 Å². The molecule has 0 amide bonds. The molecule has 0 spiro atoms. The summed E-state index contributed by atoms with van der Waals surface area (Å²) in [6.45, 7) is 0.502. The molecule has 0 bridgehead atoms. The Morgan fingerprint density at radius 1 is 1.43 bits per heavy atom. The molecule has 1 aliphatic rings. The third-order valence-electron chi connectivity index (χ3n) is 3.35. The number of guanidine groups is 1. The van der Waals surface area contributed by atoms with Crippen LogP contribution >= 0.6 is 11.8 Å². The van der Waals surface area contributed by atoms with Crippen molar-refractivity contribution in [3.05, 3.63) is 35.4 Å². The molecule has 0 saturated carbocycles. The minimum Gasteiger partial charge on any atom is -0.387 e. The van der Waals surface area contributed by atoms with Crippen molar-refractivity contribution in [2.75, 3.05) is 25.1 Å². The number of nitrogens with zero attached hydrogens (tertiary/aromatic N) is 1. The molecule has 1 fully saturated rings. The first-order valence-corrected chi connectivity index (χ1v) is 7.86. The maximum atomic E-state index is 13.5. The molecular formula is C14H19F2N3OS. The van der Waals surface area contributed by atoms with E-state index in [-0.39, 0.29) is 12.1 Å². The van der Waals surface area contributed by atoms with Crippen molar-refractivity contribution in [1.82, 2.24) is 10.6 Å². The molecule has 1 saturated heterocycles. The van der Waals surface area contributed by atoms with Gasteiger partial charge in [0.05, 0.1) is 5.60 Å². The van der Waals surface area contributed by atoms with Gasteiger partial charge in [-0.05, 0) is 30.4 Å². The van der Waals surface area contributed by atoms with Gasteiger partial charge in [-0.25, -0.2) is 8.78 Å². The largest absolute Gasteiger partial charge is 0.387 e. The van der Waals surface area contributed by atoms with Crippen LogP contribution in [0.5, 0.6) is 0 Å². The zero-order valence-corrected chi connectivity index (χ0v) is 12.6. The maximum absolute atomic E-state index is 13.5. The lowest BCUT2D eigenvalue weighted by Gasteiger charge is -2.23. The highest BCUT2D eigenvalue weighted by atomic mass is 32.2. The lowest BCUT2D eigenvalue weighted by molar-refractivity contribution is 0.0724. The molecule has 0 aromatic heterocycles. The van der Waals surface area contributed by atoms with Gasteiger partial charge in [-0.3, -0.25) is 4.99 Å². The van der Waals surface area contributed by atoms with Crippen molar-refractivity contribution in [2.45, 2.75) is 18.6 Å². The summed E-state index contributed by atoms with van der Waals surface area (Å²) in [7, 11) is 1.59. The van der Waals surface area contributed by atoms with Gasteiger partial charge in [-0.15, -0.1) is 0 Å². The van der Waals surface area contributed by atoms with Crippen molar-refractivity contribution >= 4 is 17.7 Å². The standard InChI is InChI=1S/C14H19F2N3OS/c1-17-13(19-8-14(20)4-5-21-9-14)18-7-10-6-11(15)2-3-12(10)16/h2-3,6,20H,4-5,7-9H2,1H3,(H2,17,18,19). The van der Waals surface area contributed by atoms with Crippen molar-refractivity contribution in [3.8, 4) is 0 Å². The second kappa shape index (κ2) is 7.09. The summed E-state index contributed by atoms with van der Waals surface area (Å²) in [5.41, 5.74) is -0.500. The van der Waals surface area contributed by atoms with E-state index in [1.807, 2.05) is 0 Å². The van der Waals surface area contributed by atoms with Crippen LogP contribution in [-0.2, 0) is 6.54 Å². The molecule has 0 aliphatic carbocycles. The van der Waals surface area contributed by atoms with Crippen LogP contribution in [0.1, 0.15) is 12.0 Å². The number of benzene rings is 1. The zero-order chi connectivity index (χ0) is 15.3. The van der Waals surface area contributed by atoms with E-state index in [1.165, 1.54) is 0 Å². The molecule has 1 aliphatic heterocycles. The molecule has 1 aromatic carbocycles. The number of halogens is 2. The highest BCUT2D eigenvalue weighted by Gasteiger charge is 2.31. The van der Waals surface area contributed by atoms with E-state index in [2.05, 4.69) is 15.6 Å². The van der Waals surface area contributed by atoms with Gasteiger partial charge < -0.3 is 15.7 Å². The Bertz CT molecular complexity index is 519. The zero-order valence-electron chi connectivity index (χ0n) is 11.8. The monoisotopic (exact) mass is 315 g/mol. The molecule has 2 rings (SSSR count). The number of aliphatic imine (C=N–C) groups is 1. The fraction of sp³-hybridized carbons (Fsp3) is 0.500. The minimum absolute atomic E-state index is 0.121. The van der Waals surface area contributed by atoms with Gasteiger partial charge in [-0.1, -0.05) is 0 Å². The summed E-state index contributed by atoms with van der Waals surface area (Å²) in [5, 5.41) is 16.2. The first kappa shape index (κ1) is 16.0. The molecule has 116 valence electrons. The molecule has 7 heteroatoms. The predicted octanol–water partition coefficient (Wildman–Crippen LogP) is 1.50. The Morgan fingerprint density at radius 2 is 2.24 bits per heavy atom. The lowest BCUT2D eigenvalue weighted by Crippen LogP contribution is -2.47. The summed E-state index contributed by atoms with van der Waals surface area (Å²) >= 11 is 1.71. The number of hydrogen-bond acceptors (Lipinski definition) is 3. The van der Waals surface area contributed by atoms with E-state index in [4.69, 9.17) is 0 Å². The average molecular weight is 315 g/mol. The Labute approximate surface area is 127 Å². The third kappa shape index (κ3) is 4.57. The SMILES string of the molecule is CN=C(NCc1cc(F)ccc1F)NCC1(O)CCSC1. The molecule has 0 radical (unpaired) electrons. The lowest BCUT2D eigenvalue weighted by atomic mass is 10.0. The normalized spacial score (nSPS) is 22.4. The Balaban J connectivity index is 1.86. The molecule has 1 heterocycles. The van der Waals surface area contributed by atoms with Crippen LogP contribution in [0.3, 0.4) is 0 Å². The highest BCUT2D eigenvalue weighted by Crippen LogP contribution is 2.26. The van der Waals surface area contributed by atoms with Gasteiger partial charge in [0, 0.05) is 31.5 Å². The second-order valence-corrected chi connectivity index (χ2v) is 6.15. The van der Waals surface area contributed by atoms with Crippen LogP contribution in [0, 0.1) is 11.6 Å². The predicted molar refractivity (Wildman–Crippen MR) is 81.5 cm³/mol. The molecular weight excluding hydrogens is 296 g/mol. The summed E-state index contributed by atoms with van der Waals surface area (Å²) in [5.74, 6) is 1.14. The van der Waals surface area contributed by atoms with Gasteiger partial charge in [0.25, 0.3) is 0 Å². The van der Waals surface area contributed by atoms with Gasteiger partial charge in [0.15, 0.2) is 5.96 Å². The minimum atomic E-state index is -0.730. The molecule has 3 N–H and O–H groups in total. The van der Waals surface area contributed by atoms with Gasteiger partial charge >= 0.3 is 0 Å². The summed E-state index contributed by atoms with van der Waals surface area (Å²) in [6, 6.07) is 3.33. The van der Waals surface area contributed by atoms with Crippen molar-refractivity contribution in [3.63, 3.8) is 0 Å². The van der Waals surface area contributed by atoms with E-state index >= 15 is 0 Å². The van der Waals surface area contributed by atoms with E-state index < -0.39 is 17.2 Å². The summed E-state index contributed by atoms with van der Waals surface area (Å²) in [6.07, 6.45) is 0.736. The van der Waals surface area contributed by atoms with Gasteiger partial charge in [0.2, 0.25) is 0 Å². The molecule has 1 aromatic rings. The number of thioether (sulfide) groups is 1. The molecule has 21 heavy (non-hydrogen) atoms. The van der Waals surface area contributed by atoms with E-state index in [0.717, 1.165) is 30.4 Å². The Kier molecular flexibility index (Phi) is 5.41. The summed E-state index contributed by atoms with van der Waals surface area (Å²) in [4.78, 5) is 4.01. The van der Waals surface area contributed by atoms with Crippen LogP contribution in [-0.4, -0.2) is 41.8 Å². The summed E-state index contributed by atoms with van der Waals surface area (Å²) < 4.78 is 26.6. The van der Waals surface area contributed by atoms with Crippen LogP contribution in [0.4, 0.5) is 8.78 Å². The van der Waals surface area contributed by atoms with E-state index in [1.54, 1.807) is 18.8 Å². The fourth-order valence-corrected chi connectivity index (χ4v) is 3.36. The molecule has 1 atom stereocenters. The van der Waals surface area contributed by atoms with Crippen LogP contribution in [0.25, 0.3) is 0 Å². The first-order chi connectivity index (χ1) is 10.0. The molecule has 1 unspecified atom stereocenters. The van der Waals surface area contributed by atoms with Gasteiger partial charge in [-0.2, -0.15) is 11.8 Å². The van der Waals surface area contributed by atoms with Crippen molar-refractivity contribution < 1.29 is 13.9 Å². The Morgan fingerprint density at radius 3 is 2.90 bits per heavy atom. The highest BCUT2D eigenvalue weighted by molar-refractivity contribution is 7.99. The van der Waals surface area contributed by atoms with Gasteiger partial charge in [0.1, 0.15) is 11.6 Å². The number of aliphatic hydroxyl groups is 1. The average Bonchev–Trinajstić information content (AvgIpc) is 2.90. The van der Waals surface area contributed by atoms with Crippen molar-refractivity contribution in [2.24, 2.45) is 4.99 Å². The van der Waals surface area contributed by atoms with Crippen LogP contribution in [0.2, 0.25) is 0 Å². The fourth-order valence-electron chi connectivity index (χ4n) is 2.06. The van der Waals surface area contributed by atoms with Crippen LogP contribution < -0.4 is 10.6 Å². The second-order valence-electron chi connectivity index (χ2n) is 5.04. The smallest absolute Gasteiger partial charge is 0.191 e. The van der Waals surface area contributed by atoms with Crippen LogP contribution in [0.15, 0.2) is 23.2 Å². The van der Waals surface area contributed by atoms with Crippen molar-refractivity contribution in [1.29, 1.82) is 0 Å². The number of hydrogen-bond donors (Lipinski definition) is 3. The Hall–Kier alpha value is -1.34. The third-order valence-corrected chi connectivity index (χ3v) is 4.58. The first-order valence-electron chi connectivity index (χ1n) is 6.71. The number of rotatable bonds is 4. The van der Waals surface area contributed by atoms with E-state index in [0.29, 0.717) is 18.3 Å².